The number of pyridine rings is 1. The molecule has 18 heavy (non-hydrogen) atoms. The number of hydrogen-bond donors (Lipinski definition) is 0. The fourth-order valence-electron chi connectivity index (χ4n) is 2.06. The van der Waals surface area contributed by atoms with Crippen LogP contribution in [0.1, 0.15) is 29.6 Å². The summed E-state index contributed by atoms with van der Waals surface area (Å²) in [5.74, 6) is 0.670. The lowest BCUT2D eigenvalue weighted by atomic mass is 10.1. The Morgan fingerprint density at radius 3 is 2.11 bits per heavy atom. The molecule has 0 saturated carbocycles. The van der Waals surface area contributed by atoms with Crippen molar-refractivity contribution in [2.45, 2.75) is 34.1 Å². The van der Waals surface area contributed by atoms with Crippen LogP contribution in [0.15, 0.2) is 12.1 Å². The van der Waals surface area contributed by atoms with Gasteiger partial charge in [0.1, 0.15) is 5.15 Å². The molecule has 0 radical (unpaired) electrons. The molecule has 0 fully saturated rings. The van der Waals surface area contributed by atoms with E-state index in [2.05, 4.69) is 21.9 Å². The minimum Gasteiger partial charge on any atom is -0.258 e. The summed E-state index contributed by atoms with van der Waals surface area (Å²) < 4.78 is 0. The second kappa shape index (κ2) is 5.02. The maximum Gasteiger partial charge on any atom is 0.161 e. The fraction of sp³-hybridized carbons (Fsp3) is 0.357. The van der Waals surface area contributed by atoms with E-state index in [1.807, 2.05) is 32.9 Å². The predicted octanol–water partition coefficient (Wildman–Crippen LogP) is 3.68. The summed E-state index contributed by atoms with van der Waals surface area (Å²) in [6.07, 6.45) is 0.847. The van der Waals surface area contributed by atoms with E-state index in [0.29, 0.717) is 11.0 Å². The van der Waals surface area contributed by atoms with E-state index in [1.54, 1.807) is 0 Å². The summed E-state index contributed by atoms with van der Waals surface area (Å²) in [6.45, 7) is 7.95. The van der Waals surface area contributed by atoms with Gasteiger partial charge < -0.3 is 0 Å². The molecular formula is C14H16ClN3. The minimum atomic E-state index is 0.548. The molecule has 94 valence electrons. The molecule has 2 rings (SSSR count). The van der Waals surface area contributed by atoms with Gasteiger partial charge in [0, 0.05) is 28.2 Å². The van der Waals surface area contributed by atoms with Crippen molar-refractivity contribution in [2.24, 2.45) is 0 Å². The zero-order chi connectivity index (χ0) is 13.3. The monoisotopic (exact) mass is 261 g/mol. The first-order valence-corrected chi connectivity index (χ1v) is 6.37. The number of rotatable bonds is 2. The summed E-state index contributed by atoms with van der Waals surface area (Å²) in [5.41, 5.74) is 4.85. The van der Waals surface area contributed by atoms with Crippen LogP contribution in [-0.2, 0) is 6.42 Å². The standard InChI is InChI=1S/C14H16ClN3/c1-5-12-10(4)17-14(18-13(12)15)11-6-8(2)16-9(3)7-11/h6-7H,5H2,1-4H3. The number of nitrogens with zero attached hydrogens (tertiary/aromatic N) is 3. The van der Waals surface area contributed by atoms with Crippen LogP contribution in [0.25, 0.3) is 11.4 Å². The third-order valence-electron chi connectivity index (χ3n) is 2.86. The average Bonchev–Trinajstić information content (AvgIpc) is 2.27. The molecule has 2 heterocycles. The van der Waals surface area contributed by atoms with Gasteiger partial charge in [0.15, 0.2) is 5.82 Å². The molecule has 4 heteroatoms. The largest absolute Gasteiger partial charge is 0.258 e. The zero-order valence-electron chi connectivity index (χ0n) is 11.1. The highest BCUT2D eigenvalue weighted by atomic mass is 35.5. The smallest absolute Gasteiger partial charge is 0.161 e. The molecule has 0 amide bonds. The maximum absolute atomic E-state index is 6.20. The van der Waals surface area contributed by atoms with Gasteiger partial charge in [-0.15, -0.1) is 0 Å². The van der Waals surface area contributed by atoms with Crippen molar-refractivity contribution in [2.75, 3.05) is 0 Å². The number of halogens is 1. The van der Waals surface area contributed by atoms with Crippen LogP contribution in [0.2, 0.25) is 5.15 Å². The van der Waals surface area contributed by atoms with Gasteiger partial charge in [-0.3, -0.25) is 4.98 Å². The molecule has 0 bridgehead atoms. The summed E-state index contributed by atoms with van der Waals surface area (Å²) in [7, 11) is 0. The van der Waals surface area contributed by atoms with Crippen LogP contribution in [0.5, 0.6) is 0 Å². The highest BCUT2D eigenvalue weighted by molar-refractivity contribution is 6.30. The number of aromatic nitrogens is 3. The SMILES string of the molecule is CCc1c(C)nc(-c2cc(C)nc(C)c2)nc1Cl. The lowest BCUT2D eigenvalue weighted by Gasteiger charge is -2.08. The third-order valence-corrected chi connectivity index (χ3v) is 3.17. The van der Waals surface area contributed by atoms with Crippen LogP contribution in [-0.4, -0.2) is 15.0 Å². The summed E-state index contributed by atoms with van der Waals surface area (Å²) in [4.78, 5) is 13.3. The first-order valence-electron chi connectivity index (χ1n) is 6.00. The first-order chi connectivity index (χ1) is 8.51. The Hall–Kier alpha value is -1.48. The van der Waals surface area contributed by atoms with E-state index >= 15 is 0 Å². The second-order valence-electron chi connectivity index (χ2n) is 4.39. The topological polar surface area (TPSA) is 38.7 Å². The van der Waals surface area contributed by atoms with Gasteiger partial charge >= 0.3 is 0 Å². The van der Waals surface area contributed by atoms with E-state index in [0.717, 1.165) is 34.6 Å². The number of hydrogen-bond acceptors (Lipinski definition) is 3. The quantitative estimate of drug-likeness (QED) is 0.774. The molecule has 0 saturated heterocycles. The Morgan fingerprint density at radius 2 is 1.61 bits per heavy atom. The van der Waals surface area contributed by atoms with Crippen LogP contribution < -0.4 is 0 Å². The average molecular weight is 262 g/mol. The highest BCUT2D eigenvalue weighted by Crippen LogP contribution is 2.23. The lowest BCUT2D eigenvalue weighted by molar-refractivity contribution is 0.998. The van der Waals surface area contributed by atoms with Gasteiger partial charge in [0.2, 0.25) is 0 Å². The molecular weight excluding hydrogens is 246 g/mol. The van der Waals surface area contributed by atoms with Gasteiger partial charge in [-0.1, -0.05) is 18.5 Å². The molecule has 0 spiro atoms. The summed E-state index contributed by atoms with van der Waals surface area (Å²) in [5, 5.41) is 0.548. The Labute approximate surface area is 112 Å². The summed E-state index contributed by atoms with van der Waals surface area (Å²) >= 11 is 6.20. The van der Waals surface area contributed by atoms with Gasteiger partial charge in [-0.05, 0) is 39.3 Å². The van der Waals surface area contributed by atoms with Gasteiger partial charge in [0.25, 0.3) is 0 Å². The normalized spacial score (nSPS) is 10.7. The van der Waals surface area contributed by atoms with E-state index in [4.69, 9.17) is 11.6 Å². The molecule has 0 N–H and O–H groups in total. The van der Waals surface area contributed by atoms with Crippen LogP contribution >= 0.6 is 11.6 Å². The minimum absolute atomic E-state index is 0.548. The fourth-order valence-corrected chi connectivity index (χ4v) is 2.41. The molecule has 3 nitrogen and oxygen atoms in total. The van der Waals surface area contributed by atoms with Crippen molar-refractivity contribution in [3.63, 3.8) is 0 Å². The second-order valence-corrected chi connectivity index (χ2v) is 4.75. The molecule has 0 atom stereocenters. The molecule has 0 aliphatic carbocycles. The lowest BCUT2D eigenvalue weighted by Crippen LogP contribution is -2.00. The van der Waals surface area contributed by atoms with Crippen LogP contribution in [0.4, 0.5) is 0 Å². The zero-order valence-corrected chi connectivity index (χ0v) is 11.8. The van der Waals surface area contributed by atoms with Crippen molar-refractivity contribution < 1.29 is 0 Å². The van der Waals surface area contributed by atoms with E-state index in [9.17, 15) is 0 Å². The Balaban J connectivity index is 2.58. The van der Waals surface area contributed by atoms with E-state index < -0.39 is 0 Å². The van der Waals surface area contributed by atoms with Crippen molar-refractivity contribution in [3.05, 3.63) is 39.9 Å². The van der Waals surface area contributed by atoms with Crippen LogP contribution in [0, 0.1) is 20.8 Å². The van der Waals surface area contributed by atoms with Gasteiger partial charge in [0.05, 0.1) is 0 Å². The van der Waals surface area contributed by atoms with E-state index in [-0.39, 0.29) is 0 Å². The van der Waals surface area contributed by atoms with Crippen molar-refractivity contribution >= 4 is 11.6 Å². The Kier molecular flexibility index (Phi) is 3.62. The molecule has 0 aliphatic rings. The van der Waals surface area contributed by atoms with Gasteiger partial charge in [-0.25, -0.2) is 9.97 Å². The highest BCUT2D eigenvalue weighted by Gasteiger charge is 2.10. The van der Waals surface area contributed by atoms with Crippen LogP contribution in [0.3, 0.4) is 0 Å². The Morgan fingerprint density at radius 1 is 1.00 bits per heavy atom. The third kappa shape index (κ3) is 2.51. The molecule has 0 aliphatic heterocycles. The molecule has 2 aromatic heterocycles. The maximum atomic E-state index is 6.20. The predicted molar refractivity (Wildman–Crippen MR) is 73.9 cm³/mol. The van der Waals surface area contributed by atoms with Crippen molar-refractivity contribution in [1.82, 2.24) is 15.0 Å². The van der Waals surface area contributed by atoms with Crippen molar-refractivity contribution in [1.29, 1.82) is 0 Å². The van der Waals surface area contributed by atoms with Crippen molar-refractivity contribution in [3.8, 4) is 11.4 Å². The molecule has 2 aromatic rings. The molecule has 0 unspecified atom stereocenters. The van der Waals surface area contributed by atoms with Gasteiger partial charge in [-0.2, -0.15) is 0 Å². The first kappa shape index (κ1) is 13.0. The number of aryl methyl sites for hydroxylation is 3. The van der Waals surface area contributed by atoms with E-state index in [1.165, 1.54) is 0 Å². The summed E-state index contributed by atoms with van der Waals surface area (Å²) in [6, 6.07) is 3.95. The Bertz CT molecular complexity index is 550. The molecule has 0 aromatic carbocycles.